The van der Waals surface area contributed by atoms with Crippen LogP contribution in [0.5, 0.6) is 0 Å². The summed E-state index contributed by atoms with van der Waals surface area (Å²) in [4.78, 5) is 12.8. The Morgan fingerprint density at radius 1 is 1.26 bits per heavy atom. The maximum atomic E-state index is 12.6. The molecule has 0 fully saturated rings. The summed E-state index contributed by atoms with van der Waals surface area (Å²) >= 11 is 5.83. The molecule has 1 aromatic heterocycles. The highest BCUT2D eigenvalue weighted by atomic mass is 35.5. The number of halogens is 4. The lowest BCUT2D eigenvalue weighted by Gasteiger charge is -2.18. The van der Waals surface area contributed by atoms with Crippen LogP contribution in [0, 0.1) is 0 Å². The summed E-state index contributed by atoms with van der Waals surface area (Å²) in [7, 11) is 3.66. The van der Waals surface area contributed by atoms with Crippen molar-refractivity contribution in [2.45, 2.75) is 6.18 Å². The zero-order valence-electron chi connectivity index (χ0n) is 9.49. The first-order valence-corrected chi connectivity index (χ1v) is 7.53. The average Bonchev–Trinajstić information content (AvgIpc) is 2.68. The van der Waals surface area contributed by atoms with Gasteiger partial charge in [0.1, 0.15) is 10.0 Å². The first kappa shape index (κ1) is 14.4. The van der Waals surface area contributed by atoms with Gasteiger partial charge in [-0.25, -0.2) is 0 Å². The van der Waals surface area contributed by atoms with Gasteiger partial charge in [-0.3, -0.25) is 4.79 Å². The van der Waals surface area contributed by atoms with Crippen LogP contribution < -0.4 is 9.64 Å². The number of anilines is 2. The Balaban J connectivity index is 2.42. The van der Waals surface area contributed by atoms with Gasteiger partial charge in [0.05, 0.1) is 5.56 Å². The second-order valence-corrected chi connectivity index (χ2v) is 6.15. The Morgan fingerprint density at radius 3 is 2.47 bits per heavy atom. The molecule has 0 unspecified atom stereocenters. The van der Waals surface area contributed by atoms with Gasteiger partial charge >= 0.3 is 6.18 Å². The van der Waals surface area contributed by atoms with E-state index in [1.807, 2.05) is 0 Å². The lowest BCUT2D eigenvalue weighted by atomic mass is 10.2. The molecule has 0 aliphatic heterocycles. The van der Waals surface area contributed by atoms with Crippen LogP contribution in [0.15, 0.2) is 29.1 Å². The molecule has 0 radical (unpaired) electrons. The molecular weight excluding hydrogens is 319 g/mol. The molecule has 0 aliphatic rings. The van der Waals surface area contributed by atoms with E-state index in [0.717, 1.165) is 32.8 Å². The van der Waals surface area contributed by atoms with Gasteiger partial charge in [0.2, 0.25) is 0 Å². The van der Waals surface area contributed by atoms with Crippen LogP contribution in [0.3, 0.4) is 0 Å². The molecule has 0 atom stereocenters. The third-order valence-electron chi connectivity index (χ3n) is 2.43. The summed E-state index contributed by atoms with van der Waals surface area (Å²) in [6, 6.07) is 4.86. The lowest BCUT2D eigenvalue weighted by molar-refractivity contribution is -0.137. The average molecular weight is 326 g/mol. The van der Waals surface area contributed by atoms with Gasteiger partial charge in [-0.15, -0.1) is 0 Å². The third kappa shape index (κ3) is 2.93. The van der Waals surface area contributed by atoms with E-state index in [2.05, 4.69) is 0 Å². The minimum Gasteiger partial charge on any atom is -0.334 e. The Kier molecular flexibility index (Phi) is 3.89. The van der Waals surface area contributed by atoms with E-state index in [9.17, 15) is 18.0 Å². The largest absolute Gasteiger partial charge is 0.416 e. The predicted octanol–water partition coefficient (Wildman–Crippen LogP) is 4.61. The van der Waals surface area contributed by atoms with Gasteiger partial charge in [0.25, 0.3) is 4.74 Å². The summed E-state index contributed by atoms with van der Waals surface area (Å²) < 4.78 is 37.6. The van der Waals surface area contributed by atoms with Gasteiger partial charge in [-0.1, -0.05) is 28.0 Å². The molecule has 2 aromatic rings. The van der Waals surface area contributed by atoms with Crippen molar-refractivity contribution < 1.29 is 13.2 Å². The third-order valence-corrected chi connectivity index (χ3v) is 5.26. The van der Waals surface area contributed by atoms with E-state index >= 15 is 0 Å². The van der Waals surface area contributed by atoms with Gasteiger partial charge in [0.15, 0.2) is 0 Å². The molecule has 0 spiro atoms. The van der Waals surface area contributed by atoms with E-state index < -0.39 is 11.7 Å². The number of benzene rings is 1. The van der Waals surface area contributed by atoms with Gasteiger partial charge < -0.3 is 4.90 Å². The molecule has 1 heterocycles. The smallest absolute Gasteiger partial charge is 0.334 e. The fraction of sp³-hybridized carbons (Fsp3) is 0.182. The van der Waals surface area contributed by atoms with Crippen LogP contribution >= 0.6 is 32.3 Å². The van der Waals surface area contributed by atoms with Crippen LogP contribution in [-0.4, -0.2) is 7.05 Å². The van der Waals surface area contributed by atoms with E-state index in [-0.39, 0.29) is 9.77 Å². The topological polar surface area (TPSA) is 20.3 Å². The second-order valence-electron chi connectivity index (χ2n) is 3.68. The molecular formula is C11H7ClF3NOS2. The van der Waals surface area contributed by atoms with Crippen molar-refractivity contribution in [1.29, 1.82) is 0 Å². The first-order chi connectivity index (χ1) is 8.80. The normalized spacial score (nSPS) is 11.6. The predicted molar refractivity (Wildman–Crippen MR) is 73.0 cm³/mol. The van der Waals surface area contributed by atoms with Crippen molar-refractivity contribution in [1.82, 2.24) is 0 Å². The second kappa shape index (κ2) is 5.15. The molecule has 0 saturated carbocycles. The van der Waals surface area contributed by atoms with Crippen LogP contribution in [0.1, 0.15) is 5.56 Å². The molecule has 2 rings (SSSR count). The Morgan fingerprint density at radius 2 is 1.95 bits per heavy atom. The summed E-state index contributed by atoms with van der Waals surface area (Å²) in [5, 5.41) is 0.478. The quantitative estimate of drug-likeness (QED) is 0.751. The van der Waals surface area contributed by atoms with Crippen molar-refractivity contribution in [3.63, 3.8) is 0 Å². The molecule has 0 amide bonds. The van der Waals surface area contributed by atoms with Gasteiger partial charge in [0, 0.05) is 12.7 Å². The number of hydrogen-bond acceptors (Lipinski definition) is 4. The zero-order chi connectivity index (χ0) is 14.2. The zero-order valence-corrected chi connectivity index (χ0v) is 11.9. The SMILES string of the molecule is CN(c1cccc(C(F)(F)F)c1)c1ssc(=O)c1Cl. The number of rotatable bonds is 2. The van der Waals surface area contributed by atoms with Crippen LogP contribution in [0.2, 0.25) is 5.02 Å². The fourth-order valence-electron chi connectivity index (χ4n) is 1.45. The van der Waals surface area contributed by atoms with E-state index in [1.54, 1.807) is 7.05 Å². The van der Waals surface area contributed by atoms with Crippen LogP contribution in [0.4, 0.5) is 23.9 Å². The molecule has 19 heavy (non-hydrogen) atoms. The number of alkyl halides is 3. The molecule has 0 bridgehead atoms. The Hall–Kier alpha value is -1.05. The minimum atomic E-state index is -4.40. The Labute approximate surface area is 119 Å². The molecule has 1 aromatic carbocycles. The first-order valence-electron chi connectivity index (χ1n) is 5.00. The van der Waals surface area contributed by atoms with Crippen LogP contribution in [0.25, 0.3) is 0 Å². The highest BCUT2D eigenvalue weighted by Crippen LogP contribution is 2.37. The van der Waals surface area contributed by atoms with Crippen LogP contribution in [-0.2, 0) is 6.18 Å². The molecule has 0 N–H and O–H groups in total. The minimum absolute atomic E-state index is 0.0370. The van der Waals surface area contributed by atoms with Crippen molar-refractivity contribution in [3.8, 4) is 0 Å². The summed E-state index contributed by atoms with van der Waals surface area (Å²) in [5.41, 5.74) is -0.415. The fourth-order valence-corrected chi connectivity index (χ4v) is 4.15. The highest BCUT2D eigenvalue weighted by molar-refractivity contribution is 7.70. The van der Waals surface area contributed by atoms with Crippen molar-refractivity contribution in [2.75, 3.05) is 11.9 Å². The van der Waals surface area contributed by atoms with Crippen molar-refractivity contribution in [2.24, 2.45) is 0 Å². The van der Waals surface area contributed by atoms with Crippen molar-refractivity contribution >= 4 is 43.0 Å². The number of hydrogen-bond donors (Lipinski definition) is 0. The summed E-state index contributed by atoms with van der Waals surface area (Å²) in [6.07, 6.45) is -4.40. The molecule has 0 aliphatic carbocycles. The highest BCUT2D eigenvalue weighted by Gasteiger charge is 2.30. The van der Waals surface area contributed by atoms with E-state index in [4.69, 9.17) is 11.6 Å². The lowest BCUT2D eigenvalue weighted by Crippen LogP contribution is -2.11. The van der Waals surface area contributed by atoms with Gasteiger partial charge in [-0.05, 0) is 28.5 Å². The standard InChI is InChI=1S/C11H7ClF3NOS2/c1-16(9-8(12)10(17)19-18-9)7-4-2-3-6(5-7)11(13,14)15/h2-5H,1H3. The van der Waals surface area contributed by atoms with E-state index in [0.29, 0.717) is 10.7 Å². The maximum Gasteiger partial charge on any atom is 0.416 e. The molecule has 0 saturated heterocycles. The summed E-state index contributed by atoms with van der Waals surface area (Å²) in [5.74, 6) is 0. The molecule has 8 heteroatoms. The maximum absolute atomic E-state index is 12.6. The number of nitrogens with zero attached hydrogens (tertiary/aromatic N) is 1. The van der Waals surface area contributed by atoms with Gasteiger partial charge in [-0.2, -0.15) is 13.2 Å². The molecule has 2 nitrogen and oxygen atoms in total. The monoisotopic (exact) mass is 325 g/mol. The Bertz CT molecular complexity index is 650. The van der Waals surface area contributed by atoms with Crippen molar-refractivity contribution in [3.05, 3.63) is 44.4 Å². The summed E-state index contributed by atoms with van der Waals surface area (Å²) in [6.45, 7) is 0. The molecule has 102 valence electrons. The van der Waals surface area contributed by atoms with E-state index in [1.165, 1.54) is 17.0 Å².